The number of hydrogen-bond acceptors (Lipinski definition) is 4. The highest BCUT2D eigenvalue weighted by Gasteiger charge is 2.53. The van der Waals surface area contributed by atoms with Gasteiger partial charge in [-0.05, 0) is 86.0 Å². The normalized spacial score (nSPS) is 16.9. The van der Waals surface area contributed by atoms with Gasteiger partial charge in [-0.3, -0.25) is 0 Å². The number of furan rings is 1. The first kappa shape index (κ1) is 23.3. The average Bonchev–Trinajstić information content (AvgIpc) is 3.54. The third-order valence-corrected chi connectivity index (χ3v) is 9.87. The van der Waals surface area contributed by atoms with E-state index in [4.69, 9.17) is 13.7 Å². The van der Waals surface area contributed by atoms with Crippen LogP contribution in [0.15, 0.2) is 95.4 Å². The van der Waals surface area contributed by atoms with Gasteiger partial charge in [-0.1, -0.05) is 54.6 Å². The molecule has 3 nitrogen and oxygen atoms in total. The van der Waals surface area contributed by atoms with Crippen LogP contribution in [-0.2, 0) is 9.31 Å². The molecule has 8 rings (SSSR count). The molecule has 0 amide bonds. The summed E-state index contributed by atoms with van der Waals surface area (Å²) >= 11 is 1.84. The van der Waals surface area contributed by atoms with Crippen molar-refractivity contribution in [2.24, 2.45) is 0 Å². The molecular formula is C34H27BO3S. The van der Waals surface area contributed by atoms with Crippen LogP contribution in [0.5, 0.6) is 0 Å². The van der Waals surface area contributed by atoms with Crippen LogP contribution in [0, 0.1) is 0 Å². The molecule has 2 aromatic heterocycles. The number of benzene rings is 5. The summed E-state index contributed by atoms with van der Waals surface area (Å²) in [6.45, 7) is 8.43. The molecule has 1 saturated heterocycles. The molecular weight excluding hydrogens is 499 g/mol. The van der Waals surface area contributed by atoms with Crippen molar-refractivity contribution >= 4 is 76.8 Å². The molecule has 7 aromatic rings. The summed E-state index contributed by atoms with van der Waals surface area (Å²) in [7, 11) is -0.532. The van der Waals surface area contributed by atoms with Crippen LogP contribution in [0.4, 0.5) is 0 Å². The Morgan fingerprint density at radius 1 is 0.615 bits per heavy atom. The summed E-state index contributed by atoms with van der Waals surface area (Å²) in [4.78, 5) is 0. The summed E-state index contributed by atoms with van der Waals surface area (Å²) in [5, 5.41) is 7.05. The Labute approximate surface area is 231 Å². The third kappa shape index (κ3) is 3.37. The van der Waals surface area contributed by atoms with E-state index in [9.17, 15) is 0 Å². The van der Waals surface area contributed by atoms with Gasteiger partial charge in [0.15, 0.2) is 0 Å². The van der Waals surface area contributed by atoms with Crippen molar-refractivity contribution in [3.05, 3.63) is 91.0 Å². The molecule has 0 spiro atoms. The minimum atomic E-state index is -0.532. The van der Waals surface area contributed by atoms with Crippen molar-refractivity contribution in [2.45, 2.75) is 38.9 Å². The largest absolute Gasteiger partial charge is 0.496 e. The lowest BCUT2D eigenvalue weighted by atomic mass is 9.72. The topological polar surface area (TPSA) is 31.6 Å². The van der Waals surface area contributed by atoms with E-state index in [-0.39, 0.29) is 0 Å². The van der Waals surface area contributed by atoms with Gasteiger partial charge >= 0.3 is 7.12 Å². The van der Waals surface area contributed by atoms with E-state index in [1.54, 1.807) is 0 Å². The second-order valence-corrected chi connectivity index (χ2v) is 12.7. The highest BCUT2D eigenvalue weighted by Crippen LogP contribution is 2.42. The van der Waals surface area contributed by atoms with Crippen LogP contribution in [0.2, 0.25) is 0 Å². The van der Waals surface area contributed by atoms with Crippen molar-refractivity contribution in [3.63, 3.8) is 0 Å². The smallest absolute Gasteiger partial charge is 0.456 e. The molecule has 0 radical (unpaired) electrons. The molecule has 1 fully saturated rings. The Morgan fingerprint density at radius 2 is 1.31 bits per heavy atom. The lowest BCUT2D eigenvalue weighted by molar-refractivity contribution is 0.00578. The molecule has 0 atom stereocenters. The minimum Gasteiger partial charge on any atom is -0.456 e. The summed E-state index contributed by atoms with van der Waals surface area (Å²) in [6.07, 6.45) is 0. The Kier molecular flexibility index (Phi) is 4.74. The van der Waals surface area contributed by atoms with Crippen LogP contribution >= 0.6 is 11.3 Å². The maximum absolute atomic E-state index is 6.71. The molecule has 3 heterocycles. The standard InChI is InChI=1S/C34H27BO3S/c1-33(2)34(3,4)38-35(37-33)32-23(22-13-16-30-25(18-22)24-11-7-8-12-29(24)39-30)14-15-27-31(32)26-17-20-9-5-6-10-21(20)19-28(26)36-27/h5-19H,1-4H3. The van der Waals surface area contributed by atoms with Crippen LogP contribution in [0.3, 0.4) is 0 Å². The van der Waals surface area contributed by atoms with Gasteiger partial charge in [0, 0.05) is 36.4 Å². The fourth-order valence-electron chi connectivity index (χ4n) is 5.93. The van der Waals surface area contributed by atoms with Gasteiger partial charge in [0.25, 0.3) is 0 Å². The predicted octanol–water partition coefficient (Wildman–Crippen LogP) is 9.07. The van der Waals surface area contributed by atoms with E-state index >= 15 is 0 Å². The number of thiophene rings is 1. The van der Waals surface area contributed by atoms with Crippen LogP contribution in [0.1, 0.15) is 27.7 Å². The van der Waals surface area contributed by atoms with Gasteiger partial charge < -0.3 is 13.7 Å². The van der Waals surface area contributed by atoms with E-state index in [2.05, 4.69) is 119 Å². The van der Waals surface area contributed by atoms with Gasteiger partial charge in [0.2, 0.25) is 0 Å². The van der Waals surface area contributed by atoms with Crippen molar-refractivity contribution in [2.75, 3.05) is 0 Å². The quantitative estimate of drug-likeness (QED) is 0.211. The number of rotatable bonds is 2. The van der Waals surface area contributed by atoms with Gasteiger partial charge in [0.05, 0.1) is 11.2 Å². The first-order valence-corrected chi connectivity index (χ1v) is 14.3. The first-order chi connectivity index (χ1) is 18.8. The highest BCUT2D eigenvalue weighted by atomic mass is 32.1. The Hall–Kier alpha value is -3.64. The summed E-state index contributed by atoms with van der Waals surface area (Å²) < 4.78 is 22.5. The molecule has 190 valence electrons. The van der Waals surface area contributed by atoms with E-state index < -0.39 is 18.3 Å². The molecule has 1 aliphatic heterocycles. The van der Waals surface area contributed by atoms with Crippen LogP contribution < -0.4 is 5.46 Å². The van der Waals surface area contributed by atoms with Crippen molar-refractivity contribution in [1.82, 2.24) is 0 Å². The molecule has 39 heavy (non-hydrogen) atoms. The Bertz CT molecular complexity index is 2080. The zero-order valence-corrected chi connectivity index (χ0v) is 23.2. The average molecular weight is 526 g/mol. The van der Waals surface area contributed by atoms with Crippen molar-refractivity contribution < 1.29 is 13.7 Å². The maximum atomic E-state index is 6.71. The summed E-state index contributed by atoms with van der Waals surface area (Å²) in [5.74, 6) is 0. The Balaban J connectivity index is 1.45. The van der Waals surface area contributed by atoms with Crippen molar-refractivity contribution in [3.8, 4) is 11.1 Å². The van der Waals surface area contributed by atoms with E-state index in [1.807, 2.05) is 11.3 Å². The Morgan fingerprint density at radius 3 is 2.10 bits per heavy atom. The molecule has 5 aromatic carbocycles. The molecule has 0 unspecified atom stereocenters. The van der Waals surface area contributed by atoms with Crippen molar-refractivity contribution in [1.29, 1.82) is 0 Å². The maximum Gasteiger partial charge on any atom is 0.496 e. The van der Waals surface area contributed by atoms with Crippen LogP contribution in [0.25, 0.3) is 64.0 Å². The lowest BCUT2D eigenvalue weighted by Gasteiger charge is -2.32. The molecule has 5 heteroatoms. The molecule has 0 bridgehead atoms. The van der Waals surface area contributed by atoms with Gasteiger partial charge in [-0.15, -0.1) is 11.3 Å². The second-order valence-electron chi connectivity index (χ2n) is 11.6. The summed E-state index contributed by atoms with van der Waals surface area (Å²) in [5.41, 5.74) is 4.07. The zero-order chi connectivity index (χ0) is 26.5. The van der Waals surface area contributed by atoms with E-state index in [0.29, 0.717) is 0 Å². The number of hydrogen-bond donors (Lipinski definition) is 0. The monoisotopic (exact) mass is 526 g/mol. The van der Waals surface area contributed by atoms with Gasteiger partial charge in [0.1, 0.15) is 11.2 Å². The molecule has 0 N–H and O–H groups in total. The lowest BCUT2D eigenvalue weighted by Crippen LogP contribution is -2.41. The SMILES string of the molecule is CC1(C)OB(c2c(-c3ccc4sc5ccccc5c4c3)ccc3oc4cc5ccccc5cc4c23)OC1(C)C. The highest BCUT2D eigenvalue weighted by molar-refractivity contribution is 7.25. The van der Waals surface area contributed by atoms with Gasteiger partial charge in [-0.25, -0.2) is 0 Å². The predicted molar refractivity (Wildman–Crippen MR) is 165 cm³/mol. The van der Waals surface area contributed by atoms with E-state index in [1.165, 1.54) is 25.6 Å². The fourth-order valence-corrected chi connectivity index (χ4v) is 7.02. The van der Waals surface area contributed by atoms with Gasteiger partial charge in [-0.2, -0.15) is 0 Å². The molecule has 1 aliphatic rings. The van der Waals surface area contributed by atoms with Crippen LogP contribution in [-0.4, -0.2) is 18.3 Å². The second kappa shape index (κ2) is 7.95. The minimum absolute atomic E-state index is 0.461. The molecule has 0 aliphatic carbocycles. The van der Waals surface area contributed by atoms with E-state index in [0.717, 1.165) is 43.9 Å². The first-order valence-electron chi connectivity index (χ1n) is 13.4. The summed E-state index contributed by atoms with van der Waals surface area (Å²) in [6, 6.07) is 32.5. The third-order valence-electron chi connectivity index (χ3n) is 8.72. The molecule has 0 saturated carbocycles. The fraction of sp³-hybridized carbons (Fsp3) is 0.176. The zero-order valence-electron chi connectivity index (χ0n) is 22.4. The number of fused-ring (bicyclic) bond motifs is 7.